The largest absolute Gasteiger partial charge is 0.490 e. The van der Waals surface area contributed by atoms with Crippen LogP contribution in [0.15, 0.2) is 61.3 Å². The second-order valence-electron chi connectivity index (χ2n) is 15.1. The van der Waals surface area contributed by atoms with E-state index in [0.29, 0.717) is 46.5 Å². The number of carbonyl (C=O) groups is 3. The van der Waals surface area contributed by atoms with E-state index in [0.717, 1.165) is 75.1 Å². The summed E-state index contributed by atoms with van der Waals surface area (Å²) in [7, 11) is 0. The molecule has 0 radical (unpaired) electrons. The van der Waals surface area contributed by atoms with Crippen LogP contribution in [0.5, 0.6) is 5.75 Å². The SMILES string of the molecule is CC(C)Oc1cc2nc(C3CCC(CN4CCC(c5ccc(C6CCC(=O)NC6=O)cc5F)CC4)CC3)cn2cc1C(=O)Nc1cnn2cccnc12. The third kappa shape index (κ3) is 7.39. The fraction of sp³-hybridized carbons (Fsp3) is 0.450. The van der Waals surface area contributed by atoms with Crippen molar-refractivity contribution in [1.29, 1.82) is 0 Å². The molecule has 2 aliphatic heterocycles. The number of imide groups is 1. The fourth-order valence-corrected chi connectivity index (χ4v) is 8.39. The summed E-state index contributed by atoms with van der Waals surface area (Å²) in [5, 5.41) is 9.60. The topological polar surface area (TPSA) is 135 Å². The van der Waals surface area contributed by atoms with Crippen LogP contribution in [0.3, 0.4) is 0 Å². The van der Waals surface area contributed by atoms with Gasteiger partial charge >= 0.3 is 0 Å². The first-order valence-corrected chi connectivity index (χ1v) is 18.8. The van der Waals surface area contributed by atoms with E-state index in [-0.39, 0.29) is 42.0 Å². The Kier molecular flexibility index (Phi) is 9.67. The van der Waals surface area contributed by atoms with Crippen molar-refractivity contribution in [2.45, 2.75) is 89.1 Å². The summed E-state index contributed by atoms with van der Waals surface area (Å²) in [6, 6.07) is 8.84. The van der Waals surface area contributed by atoms with E-state index < -0.39 is 5.92 Å². The molecule has 8 rings (SSSR count). The minimum absolute atomic E-state index is 0.127. The number of nitrogens with zero attached hydrogens (tertiary/aromatic N) is 6. The maximum Gasteiger partial charge on any atom is 0.261 e. The van der Waals surface area contributed by atoms with Gasteiger partial charge in [-0.25, -0.2) is 18.9 Å². The maximum absolute atomic E-state index is 15.3. The van der Waals surface area contributed by atoms with Crippen LogP contribution in [-0.4, -0.2) is 72.3 Å². The van der Waals surface area contributed by atoms with Gasteiger partial charge < -0.3 is 19.4 Å². The number of aromatic nitrogens is 5. The number of pyridine rings is 1. The van der Waals surface area contributed by atoms with E-state index in [2.05, 4.69) is 31.8 Å². The van der Waals surface area contributed by atoms with Crippen LogP contribution in [0, 0.1) is 11.7 Å². The van der Waals surface area contributed by atoms with Gasteiger partial charge in [0.2, 0.25) is 11.8 Å². The van der Waals surface area contributed by atoms with E-state index >= 15 is 4.39 Å². The standard InChI is InChI=1S/C40H45FN8O4/c1-24(2)53-35-19-36-44-34(23-48(36)22-31(35)40(52)45-33-20-43-49-15-3-14-42-38(33)49)27-6-4-25(5-7-27)21-47-16-12-26(13-17-47)29-9-8-28(18-32(29)41)30-10-11-37(50)46-39(30)51/h3,8-9,14-15,18-20,22-27,30H,4-7,10-13,16-17,21H2,1-2H3,(H,45,52)(H,46,50,51). The molecule has 1 aliphatic carbocycles. The molecule has 3 amide bonds. The van der Waals surface area contributed by atoms with Crippen molar-refractivity contribution >= 4 is 34.7 Å². The second-order valence-corrected chi connectivity index (χ2v) is 15.1. The van der Waals surface area contributed by atoms with E-state index in [1.807, 2.05) is 36.4 Å². The molecule has 1 saturated carbocycles. The summed E-state index contributed by atoms with van der Waals surface area (Å²) in [6.07, 6.45) is 15.6. The minimum atomic E-state index is -0.474. The molecular weight excluding hydrogens is 675 g/mol. The van der Waals surface area contributed by atoms with Crippen molar-refractivity contribution in [1.82, 2.24) is 34.2 Å². The van der Waals surface area contributed by atoms with Gasteiger partial charge in [-0.2, -0.15) is 5.10 Å². The lowest BCUT2D eigenvalue weighted by molar-refractivity contribution is -0.134. The number of hydrogen-bond acceptors (Lipinski definition) is 8. The van der Waals surface area contributed by atoms with Gasteiger partial charge in [-0.15, -0.1) is 0 Å². The molecule has 1 atom stereocenters. The van der Waals surface area contributed by atoms with Gasteiger partial charge in [0.25, 0.3) is 5.91 Å². The van der Waals surface area contributed by atoms with Crippen LogP contribution in [0.25, 0.3) is 11.3 Å². The number of hydrogen-bond donors (Lipinski definition) is 2. The molecule has 13 heteroatoms. The van der Waals surface area contributed by atoms with Crippen molar-refractivity contribution in [3.05, 3.63) is 89.5 Å². The van der Waals surface area contributed by atoms with Crippen LogP contribution < -0.4 is 15.4 Å². The molecule has 5 aromatic rings. The molecule has 276 valence electrons. The van der Waals surface area contributed by atoms with Crippen LogP contribution in [0.1, 0.15) is 110 Å². The molecular formula is C40H45FN8O4. The van der Waals surface area contributed by atoms with Gasteiger partial charge in [0.05, 0.1) is 29.5 Å². The number of halogens is 1. The number of imidazole rings is 1. The number of rotatable bonds is 9. The summed E-state index contributed by atoms with van der Waals surface area (Å²) in [5.74, 6) is -0.0397. The quantitative estimate of drug-likeness (QED) is 0.171. The fourth-order valence-electron chi connectivity index (χ4n) is 8.39. The zero-order valence-electron chi connectivity index (χ0n) is 30.1. The first kappa shape index (κ1) is 34.9. The zero-order chi connectivity index (χ0) is 36.6. The second kappa shape index (κ2) is 14.7. The van der Waals surface area contributed by atoms with Gasteiger partial charge in [0, 0.05) is 49.7 Å². The molecule has 3 fully saturated rings. The van der Waals surface area contributed by atoms with Crippen molar-refractivity contribution in [3.63, 3.8) is 0 Å². The Morgan fingerprint density at radius 2 is 1.85 bits per heavy atom. The normalized spacial score (nSPS) is 21.7. The number of nitrogens with one attached hydrogen (secondary N) is 2. The summed E-state index contributed by atoms with van der Waals surface area (Å²) in [6.45, 7) is 6.80. The Morgan fingerprint density at radius 3 is 2.60 bits per heavy atom. The smallest absolute Gasteiger partial charge is 0.261 e. The summed E-state index contributed by atoms with van der Waals surface area (Å²) in [5.41, 5.74) is 4.64. The number of benzene rings is 1. The molecule has 2 N–H and O–H groups in total. The molecule has 3 aliphatic rings. The van der Waals surface area contributed by atoms with Gasteiger partial charge in [-0.3, -0.25) is 19.7 Å². The van der Waals surface area contributed by atoms with Crippen molar-refractivity contribution < 1.29 is 23.5 Å². The van der Waals surface area contributed by atoms with E-state index in [4.69, 9.17) is 9.72 Å². The predicted octanol–water partition coefficient (Wildman–Crippen LogP) is 6.23. The Morgan fingerprint density at radius 1 is 1.04 bits per heavy atom. The van der Waals surface area contributed by atoms with Crippen LogP contribution in [-0.2, 0) is 9.59 Å². The minimum Gasteiger partial charge on any atom is -0.490 e. The van der Waals surface area contributed by atoms with Crippen molar-refractivity contribution in [2.24, 2.45) is 5.92 Å². The number of amides is 3. The summed E-state index contributed by atoms with van der Waals surface area (Å²) in [4.78, 5) is 49.3. The monoisotopic (exact) mass is 720 g/mol. The molecule has 0 bridgehead atoms. The van der Waals surface area contributed by atoms with Crippen LogP contribution in [0.2, 0.25) is 0 Å². The molecule has 1 unspecified atom stereocenters. The Hall–Kier alpha value is -5.17. The Labute approximate surface area is 307 Å². The van der Waals surface area contributed by atoms with Gasteiger partial charge in [-0.1, -0.05) is 12.1 Å². The van der Waals surface area contributed by atoms with E-state index in [9.17, 15) is 14.4 Å². The lowest BCUT2D eigenvalue weighted by Gasteiger charge is -2.36. The summed E-state index contributed by atoms with van der Waals surface area (Å²) >= 11 is 0. The van der Waals surface area contributed by atoms with Gasteiger partial charge in [0.15, 0.2) is 5.65 Å². The molecule has 12 nitrogen and oxygen atoms in total. The maximum atomic E-state index is 15.3. The highest BCUT2D eigenvalue weighted by Crippen LogP contribution is 2.38. The third-order valence-electron chi connectivity index (χ3n) is 11.2. The molecule has 6 heterocycles. The molecule has 2 saturated heterocycles. The van der Waals surface area contributed by atoms with E-state index in [1.165, 1.54) is 6.07 Å². The molecule has 0 spiro atoms. The van der Waals surface area contributed by atoms with Gasteiger partial charge in [-0.05, 0) is 107 Å². The van der Waals surface area contributed by atoms with E-state index in [1.54, 1.807) is 35.4 Å². The average Bonchev–Trinajstić information content (AvgIpc) is 3.75. The molecule has 53 heavy (non-hydrogen) atoms. The summed E-state index contributed by atoms with van der Waals surface area (Å²) < 4.78 is 24.9. The van der Waals surface area contributed by atoms with Crippen molar-refractivity contribution in [2.75, 3.05) is 25.0 Å². The highest BCUT2D eigenvalue weighted by Gasteiger charge is 2.31. The average molecular weight is 721 g/mol. The Bertz CT molecular complexity index is 2160. The molecule has 4 aromatic heterocycles. The van der Waals surface area contributed by atoms with Crippen LogP contribution >= 0.6 is 0 Å². The third-order valence-corrected chi connectivity index (χ3v) is 11.2. The number of carbonyl (C=O) groups excluding carboxylic acids is 3. The lowest BCUT2D eigenvalue weighted by atomic mass is 9.80. The number of ether oxygens (including phenoxy) is 1. The zero-order valence-corrected chi connectivity index (χ0v) is 30.1. The number of anilines is 1. The predicted molar refractivity (Wildman–Crippen MR) is 197 cm³/mol. The Balaban J connectivity index is 0.865. The number of fused-ring (bicyclic) bond motifs is 2. The highest BCUT2D eigenvalue weighted by atomic mass is 19.1. The lowest BCUT2D eigenvalue weighted by Crippen LogP contribution is -2.39. The van der Waals surface area contributed by atoms with Crippen molar-refractivity contribution in [3.8, 4) is 5.75 Å². The first-order chi connectivity index (χ1) is 25.7. The number of likely N-dealkylation sites (tertiary alicyclic amines) is 1. The number of piperidine rings is 2. The first-order valence-electron chi connectivity index (χ1n) is 18.8. The highest BCUT2D eigenvalue weighted by molar-refractivity contribution is 6.07. The van der Waals surface area contributed by atoms with Crippen LogP contribution in [0.4, 0.5) is 10.1 Å². The molecule has 1 aromatic carbocycles. The van der Waals surface area contributed by atoms with Gasteiger partial charge in [0.1, 0.15) is 22.9 Å².